The fourth-order valence-corrected chi connectivity index (χ4v) is 5.29. The van der Waals surface area contributed by atoms with Gasteiger partial charge in [0.15, 0.2) is 0 Å². The van der Waals surface area contributed by atoms with E-state index in [9.17, 15) is 18.0 Å². The summed E-state index contributed by atoms with van der Waals surface area (Å²) in [6, 6.07) is 17.1. The Morgan fingerprint density at radius 2 is 1.60 bits per heavy atom. The Hall–Kier alpha value is -4.51. The maximum absolute atomic E-state index is 15.5. The number of rotatable bonds is 6. The number of hydrogen-bond acceptors (Lipinski definition) is 6. The molecule has 3 heterocycles. The molecule has 1 aliphatic heterocycles. The zero-order valence-electron chi connectivity index (χ0n) is 23.5. The molecule has 5 aromatic rings. The van der Waals surface area contributed by atoms with Crippen molar-refractivity contribution < 1.29 is 26.7 Å². The van der Waals surface area contributed by atoms with E-state index in [2.05, 4.69) is 10.2 Å². The minimum absolute atomic E-state index is 0.0373. The second-order valence-electron chi connectivity index (χ2n) is 11.0. The number of aromatic nitrogens is 3. The molecule has 1 saturated heterocycles. The molecule has 0 radical (unpaired) electrons. The predicted molar refractivity (Wildman–Crippen MR) is 154 cm³/mol. The van der Waals surface area contributed by atoms with Crippen molar-refractivity contribution in [1.29, 1.82) is 0 Å². The molecular weight excluding hydrogens is 564 g/mol. The first kappa shape index (κ1) is 28.6. The molecule has 1 fully saturated rings. The third-order valence-electron chi connectivity index (χ3n) is 7.82. The summed E-state index contributed by atoms with van der Waals surface area (Å²) in [6.45, 7) is 5.78. The maximum Gasteiger partial charge on any atom is 0.416 e. The second-order valence-corrected chi connectivity index (χ2v) is 11.0. The van der Waals surface area contributed by atoms with Gasteiger partial charge in [0, 0.05) is 31.2 Å². The van der Waals surface area contributed by atoms with Crippen LogP contribution < -0.4 is 10.3 Å². The van der Waals surface area contributed by atoms with Crippen LogP contribution in [0.15, 0.2) is 82.1 Å². The highest BCUT2D eigenvalue weighted by Gasteiger charge is 2.31. The van der Waals surface area contributed by atoms with Gasteiger partial charge in [-0.2, -0.15) is 13.2 Å². The van der Waals surface area contributed by atoms with Crippen molar-refractivity contribution in [3.8, 4) is 11.5 Å². The summed E-state index contributed by atoms with van der Waals surface area (Å²) in [7, 11) is 0. The number of morpholine rings is 1. The van der Waals surface area contributed by atoms with Crippen LogP contribution in [-0.4, -0.2) is 41.1 Å². The van der Waals surface area contributed by atoms with Crippen molar-refractivity contribution >= 4 is 16.6 Å². The van der Waals surface area contributed by atoms with Gasteiger partial charge in [0.05, 0.1) is 35.4 Å². The topological polar surface area (TPSA) is 73.4 Å². The van der Waals surface area contributed by atoms with Crippen LogP contribution >= 0.6 is 0 Å². The SMILES string of the molecule is CC(C)(c1ccccc1)c1nnc(-c2cn(Cc3ccc(C(F)(F)F)cc3)c3cc(N4CCOCC4)c(F)cc3c2=O)o1. The number of alkyl halides is 3. The minimum Gasteiger partial charge on any atom is -0.420 e. The molecule has 0 atom stereocenters. The first-order chi connectivity index (χ1) is 20.5. The molecule has 2 aromatic heterocycles. The van der Waals surface area contributed by atoms with Gasteiger partial charge >= 0.3 is 6.18 Å². The molecule has 11 heteroatoms. The maximum atomic E-state index is 15.5. The molecule has 0 spiro atoms. The van der Waals surface area contributed by atoms with Gasteiger partial charge in [-0.1, -0.05) is 42.5 Å². The number of halogens is 4. The summed E-state index contributed by atoms with van der Waals surface area (Å²) in [5.74, 6) is -0.317. The Morgan fingerprint density at radius 3 is 2.28 bits per heavy atom. The van der Waals surface area contributed by atoms with Gasteiger partial charge < -0.3 is 18.6 Å². The van der Waals surface area contributed by atoms with Crippen molar-refractivity contribution in [2.75, 3.05) is 31.2 Å². The van der Waals surface area contributed by atoms with E-state index in [1.807, 2.05) is 49.1 Å². The third-order valence-corrected chi connectivity index (χ3v) is 7.82. The average Bonchev–Trinajstić information content (AvgIpc) is 3.50. The largest absolute Gasteiger partial charge is 0.420 e. The summed E-state index contributed by atoms with van der Waals surface area (Å²) in [4.78, 5) is 15.6. The van der Waals surface area contributed by atoms with Crippen LogP contribution in [0.25, 0.3) is 22.4 Å². The average molecular weight is 593 g/mol. The summed E-state index contributed by atoms with van der Waals surface area (Å²) in [5.41, 5.74) is 0.340. The Bertz CT molecular complexity index is 1820. The Labute approximate surface area is 244 Å². The van der Waals surface area contributed by atoms with Gasteiger partial charge in [-0.3, -0.25) is 4.79 Å². The van der Waals surface area contributed by atoms with E-state index in [0.717, 1.165) is 17.7 Å². The van der Waals surface area contributed by atoms with Gasteiger partial charge in [-0.25, -0.2) is 4.39 Å². The highest BCUT2D eigenvalue weighted by Crippen LogP contribution is 2.33. The summed E-state index contributed by atoms with van der Waals surface area (Å²) in [5, 5.41) is 8.50. The summed E-state index contributed by atoms with van der Waals surface area (Å²) >= 11 is 0. The van der Waals surface area contributed by atoms with E-state index in [4.69, 9.17) is 9.15 Å². The zero-order valence-corrected chi connectivity index (χ0v) is 23.5. The fraction of sp³-hybridized carbons (Fsp3) is 0.281. The highest BCUT2D eigenvalue weighted by atomic mass is 19.4. The summed E-state index contributed by atoms with van der Waals surface area (Å²) < 4.78 is 68.2. The molecule has 6 rings (SSSR count). The zero-order chi connectivity index (χ0) is 30.4. The number of fused-ring (bicyclic) bond motifs is 1. The Balaban J connectivity index is 1.48. The number of anilines is 1. The van der Waals surface area contributed by atoms with E-state index >= 15 is 4.39 Å². The Kier molecular flexibility index (Phi) is 7.29. The molecule has 7 nitrogen and oxygen atoms in total. The van der Waals surface area contributed by atoms with E-state index < -0.39 is 28.4 Å². The van der Waals surface area contributed by atoms with Crippen molar-refractivity contribution in [3.05, 3.63) is 112 Å². The van der Waals surface area contributed by atoms with Crippen LogP contribution in [0.5, 0.6) is 0 Å². The lowest BCUT2D eigenvalue weighted by Crippen LogP contribution is -2.36. The fourth-order valence-electron chi connectivity index (χ4n) is 5.29. The third kappa shape index (κ3) is 5.52. The first-order valence-electron chi connectivity index (χ1n) is 13.8. The van der Waals surface area contributed by atoms with Crippen LogP contribution in [0.2, 0.25) is 0 Å². The minimum atomic E-state index is -4.47. The Morgan fingerprint density at radius 1 is 0.907 bits per heavy atom. The van der Waals surface area contributed by atoms with Crippen LogP contribution in [-0.2, 0) is 22.9 Å². The van der Waals surface area contributed by atoms with Gasteiger partial charge in [0.1, 0.15) is 11.4 Å². The predicted octanol–water partition coefficient (Wildman–Crippen LogP) is 6.42. The normalized spacial score (nSPS) is 14.4. The second kappa shape index (κ2) is 11.0. The molecule has 3 aromatic carbocycles. The number of nitrogens with zero attached hydrogens (tertiary/aromatic N) is 4. The molecule has 0 amide bonds. The molecule has 0 unspecified atom stereocenters. The van der Waals surface area contributed by atoms with Gasteiger partial charge in [-0.05, 0) is 49.2 Å². The first-order valence-corrected chi connectivity index (χ1v) is 13.8. The van der Waals surface area contributed by atoms with E-state index in [1.54, 1.807) is 10.6 Å². The van der Waals surface area contributed by atoms with Crippen LogP contribution in [0.1, 0.15) is 36.4 Å². The van der Waals surface area contributed by atoms with Crippen molar-refractivity contribution in [3.63, 3.8) is 0 Å². The van der Waals surface area contributed by atoms with Crippen molar-refractivity contribution in [2.45, 2.75) is 32.0 Å². The lowest BCUT2D eigenvalue weighted by atomic mass is 9.85. The van der Waals surface area contributed by atoms with Gasteiger partial charge in [0.25, 0.3) is 5.89 Å². The number of ether oxygens (including phenoxy) is 1. The van der Waals surface area contributed by atoms with Crippen molar-refractivity contribution in [2.24, 2.45) is 0 Å². The van der Waals surface area contributed by atoms with E-state index in [0.29, 0.717) is 43.1 Å². The lowest BCUT2D eigenvalue weighted by Gasteiger charge is -2.29. The monoisotopic (exact) mass is 592 g/mol. The summed E-state index contributed by atoms with van der Waals surface area (Å²) in [6.07, 6.45) is -2.93. The molecular formula is C32H28F4N4O3. The molecule has 222 valence electrons. The molecule has 0 N–H and O–H groups in total. The number of benzene rings is 3. The number of hydrogen-bond donors (Lipinski definition) is 0. The van der Waals surface area contributed by atoms with Crippen LogP contribution in [0, 0.1) is 5.82 Å². The highest BCUT2D eigenvalue weighted by molar-refractivity contribution is 5.86. The van der Waals surface area contributed by atoms with Crippen LogP contribution in [0.3, 0.4) is 0 Å². The van der Waals surface area contributed by atoms with Crippen molar-refractivity contribution in [1.82, 2.24) is 14.8 Å². The van der Waals surface area contributed by atoms with E-state index in [-0.39, 0.29) is 29.3 Å². The molecule has 0 aliphatic carbocycles. The molecule has 0 saturated carbocycles. The molecule has 1 aliphatic rings. The smallest absolute Gasteiger partial charge is 0.416 e. The molecule has 0 bridgehead atoms. The van der Waals surface area contributed by atoms with Gasteiger partial charge in [0.2, 0.25) is 11.3 Å². The van der Waals surface area contributed by atoms with Crippen LogP contribution in [0.4, 0.5) is 23.2 Å². The van der Waals surface area contributed by atoms with Gasteiger partial charge in [-0.15, -0.1) is 10.2 Å². The molecule has 43 heavy (non-hydrogen) atoms. The quantitative estimate of drug-likeness (QED) is 0.212. The standard InChI is InChI=1S/C32H28F4N4O3/c1-31(2,21-6-4-3-5-7-21)30-38-37-29(43-30)24-19-40(18-20-8-10-22(11-9-20)32(34,35)36)26-17-27(39-12-14-42-15-13-39)25(33)16-23(26)28(24)41/h3-11,16-17,19H,12-15,18H2,1-2H3. The lowest BCUT2D eigenvalue weighted by molar-refractivity contribution is -0.137. The van der Waals surface area contributed by atoms with E-state index in [1.165, 1.54) is 24.4 Å². The number of pyridine rings is 1.